The first-order valence-corrected chi connectivity index (χ1v) is 28.7. The van der Waals surface area contributed by atoms with E-state index in [1.807, 2.05) is 54.6 Å². The summed E-state index contributed by atoms with van der Waals surface area (Å²) in [5, 5.41) is 31.9. The number of para-hydroxylation sites is 2. The monoisotopic (exact) mass is 1160 g/mol. The lowest BCUT2D eigenvalue weighted by Gasteiger charge is -2.29. The Balaban J connectivity index is 1.30. The van der Waals surface area contributed by atoms with Crippen LogP contribution >= 0.6 is 25.3 Å². The summed E-state index contributed by atoms with van der Waals surface area (Å²) in [6.45, 7) is 1.18. The number of amides is 7. The molecule has 0 aliphatic heterocycles. The van der Waals surface area contributed by atoms with Gasteiger partial charge in [0, 0.05) is 59.9 Å². The molecular weight excluding hydrogens is 1080 g/mol. The highest BCUT2D eigenvalue weighted by atomic mass is 32.1. The number of rotatable bonds is 33. The van der Waals surface area contributed by atoms with Gasteiger partial charge in [-0.05, 0) is 91.5 Å². The van der Waals surface area contributed by atoms with Gasteiger partial charge in [0.05, 0.1) is 24.7 Å². The molecule has 2 heterocycles. The van der Waals surface area contributed by atoms with Gasteiger partial charge >= 0.3 is 0 Å². The summed E-state index contributed by atoms with van der Waals surface area (Å²) >= 11 is 8.44. The highest BCUT2D eigenvalue weighted by Crippen LogP contribution is 2.22. The molecule has 6 rings (SSSR count). The van der Waals surface area contributed by atoms with E-state index in [1.54, 1.807) is 67.0 Å². The van der Waals surface area contributed by atoms with Crippen molar-refractivity contribution in [2.75, 3.05) is 24.6 Å². The normalized spacial score (nSPS) is 14.6. The second kappa shape index (κ2) is 32.2. The molecule has 23 heteroatoms. The summed E-state index contributed by atoms with van der Waals surface area (Å²) in [6, 6.07) is 22.3. The lowest BCUT2D eigenvalue weighted by Crippen LogP contribution is -2.62. The zero-order chi connectivity index (χ0) is 59.1. The molecule has 16 N–H and O–H groups in total. The Morgan fingerprint density at radius 3 is 1.33 bits per heavy atom. The van der Waals surface area contributed by atoms with E-state index in [0.29, 0.717) is 35.3 Å². The molecule has 0 aliphatic rings. The van der Waals surface area contributed by atoms with E-state index in [0.717, 1.165) is 27.4 Å². The summed E-state index contributed by atoms with van der Waals surface area (Å²) < 4.78 is 0. The summed E-state index contributed by atoms with van der Waals surface area (Å²) in [4.78, 5) is 120. The summed E-state index contributed by atoms with van der Waals surface area (Å²) in [7, 11) is 0. The first kappa shape index (κ1) is 63.6. The number of ketones is 1. The van der Waals surface area contributed by atoms with E-state index >= 15 is 9.59 Å². The van der Waals surface area contributed by atoms with Crippen LogP contribution in [0.15, 0.2) is 122 Å². The number of benzene rings is 4. The molecule has 7 amide bonds. The molecule has 0 radical (unpaired) electrons. The van der Waals surface area contributed by atoms with Crippen molar-refractivity contribution < 1.29 is 43.5 Å². The van der Waals surface area contributed by atoms with Crippen molar-refractivity contribution >= 4 is 94.2 Å². The average molecular weight is 1160 g/mol. The molecule has 0 unspecified atom stereocenters. The van der Waals surface area contributed by atoms with E-state index in [9.17, 15) is 33.9 Å². The van der Waals surface area contributed by atoms with Gasteiger partial charge in [-0.2, -0.15) is 25.3 Å². The number of carbonyl (C=O) groups excluding carboxylic acids is 8. The third-order valence-electron chi connectivity index (χ3n) is 14.0. The molecule has 0 saturated carbocycles. The molecule has 6 aromatic rings. The van der Waals surface area contributed by atoms with Gasteiger partial charge in [0.25, 0.3) is 0 Å². The van der Waals surface area contributed by atoms with Crippen LogP contribution in [0.2, 0.25) is 0 Å². The second-order valence-corrected chi connectivity index (χ2v) is 21.1. The number of nitrogens with one attached hydrogen (secondary N) is 9. The number of H-pyrrole nitrogens is 2. The quantitative estimate of drug-likeness (QED) is 0.0205. The molecule has 438 valence electrons. The average Bonchev–Trinajstić information content (AvgIpc) is 4.31. The third-order valence-corrected chi connectivity index (χ3v) is 14.6. The first-order chi connectivity index (χ1) is 39.5. The number of aliphatic hydroxyl groups is 1. The molecule has 0 fully saturated rings. The number of hydrogen-bond acceptors (Lipinski definition) is 14. The maximum Gasteiger partial charge on any atom is 0.245 e. The summed E-state index contributed by atoms with van der Waals surface area (Å²) in [5.41, 5.74) is 21.9. The van der Waals surface area contributed by atoms with Crippen LogP contribution in [0.25, 0.3) is 21.8 Å². The molecule has 0 bridgehead atoms. The van der Waals surface area contributed by atoms with Crippen LogP contribution < -0.4 is 54.4 Å². The SMILES string of the molecule is C[C@@H](O)[C@H](NC(=O)[C@H](CCCCN)NC(=O)[C@@H](Cc1c[nH]c2ccccc12)NC(=O)[C@H](Cc1c[nH]c2ccccc12)NC(=O)[C@H](Cc1ccccc1)NC(=O)[C@@H](N)CCS)C(=O)N[C@@H](Cc1ccccc1)C(=O)N[C@@H](CCS)C(=O)CN. The van der Waals surface area contributed by atoms with Crippen molar-refractivity contribution in [2.24, 2.45) is 17.2 Å². The van der Waals surface area contributed by atoms with Gasteiger partial charge in [-0.1, -0.05) is 97.1 Å². The fourth-order valence-electron chi connectivity index (χ4n) is 9.48. The van der Waals surface area contributed by atoms with Crippen molar-refractivity contribution in [1.29, 1.82) is 0 Å². The van der Waals surface area contributed by atoms with Gasteiger partial charge in [-0.25, -0.2) is 0 Å². The summed E-state index contributed by atoms with van der Waals surface area (Å²) in [6.07, 6.45) is 2.89. The van der Waals surface area contributed by atoms with Gasteiger partial charge in [0.1, 0.15) is 36.3 Å². The molecule has 21 nitrogen and oxygen atoms in total. The predicted molar refractivity (Wildman–Crippen MR) is 321 cm³/mol. The number of hydrogen-bond donors (Lipinski definition) is 15. The van der Waals surface area contributed by atoms with E-state index in [1.165, 1.54) is 6.92 Å². The number of carbonyl (C=O) groups is 8. The number of aliphatic hydroxyl groups excluding tert-OH is 1. The Kier molecular flexibility index (Phi) is 25.0. The van der Waals surface area contributed by atoms with Gasteiger partial charge in [0.2, 0.25) is 41.4 Å². The second-order valence-electron chi connectivity index (χ2n) is 20.2. The Labute approximate surface area is 487 Å². The molecule has 4 aromatic carbocycles. The minimum atomic E-state index is -1.67. The largest absolute Gasteiger partial charge is 0.391 e. The Morgan fingerprint density at radius 2 is 0.878 bits per heavy atom. The maximum absolute atomic E-state index is 15.1. The van der Waals surface area contributed by atoms with E-state index in [-0.39, 0.29) is 63.8 Å². The van der Waals surface area contributed by atoms with Crippen LogP contribution in [-0.2, 0) is 64.0 Å². The van der Waals surface area contributed by atoms with Crippen molar-refractivity contribution in [2.45, 2.75) is 119 Å². The zero-order valence-corrected chi connectivity index (χ0v) is 47.6. The van der Waals surface area contributed by atoms with Crippen LogP contribution in [0.1, 0.15) is 61.3 Å². The van der Waals surface area contributed by atoms with Crippen LogP contribution in [0.5, 0.6) is 0 Å². The van der Waals surface area contributed by atoms with E-state index < -0.39 is 102 Å². The van der Waals surface area contributed by atoms with Gasteiger partial charge < -0.3 is 69.5 Å². The maximum atomic E-state index is 15.1. The van der Waals surface area contributed by atoms with Crippen molar-refractivity contribution in [3.8, 4) is 0 Å². The zero-order valence-electron chi connectivity index (χ0n) is 45.8. The fourth-order valence-corrected chi connectivity index (χ4v) is 10.0. The van der Waals surface area contributed by atoms with Crippen molar-refractivity contribution in [1.82, 2.24) is 47.2 Å². The van der Waals surface area contributed by atoms with Crippen LogP contribution in [0, 0.1) is 0 Å². The smallest absolute Gasteiger partial charge is 0.245 e. The van der Waals surface area contributed by atoms with Crippen LogP contribution in [0.3, 0.4) is 0 Å². The van der Waals surface area contributed by atoms with Crippen molar-refractivity contribution in [3.05, 3.63) is 144 Å². The topological polar surface area (TPSA) is 351 Å². The Hall–Kier alpha value is -7.54. The number of nitrogens with two attached hydrogens (primary N) is 3. The molecule has 0 saturated heterocycles. The molecule has 82 heavy (non-hydrogen) atoms. The number of fused-ring (bicyclic) bond motifs is 2. The minimum Gasteiger partial charge on any atom is -0.391 e. The highest BCUT2D eigenvalue weighted by Gasteiger charge is 2.36. The standard InChI is InChI=1S/C59H76N12O9S2/c1-35(72)52(59(80)70-48(29-37-16-6-3-7-17-37)55(76)65-45(24-27-82)51(73)32-61)71-54(75)46(22-12-13-25-60)66-57(78)49(30-38-33-63-43-20-10-8-18-40(38)43)69-58(79)50(31-39-34-64-44-21-11-9-19-41(39)44)68-56(77)47(28-36-14-4-2-5-15-36)67-53(74)42(62)23-26-81/h2-11,14-21,33-35,42,45-50,52,63-64,72,81-82H,12-13,22-32,60-62H2,1H3,(H,65,76)(H,66,78)(H,67,74)(H,68,77)(H,69,79)(H,70,80)(H,71,75)/t35-,42+,45+,46+,47+,48+,49-,50+,52+/m1/s1. The number of Topliss-reactive ketones (excluding diaryl/α,β-unsaturated/α-hetero) is 1. The number of thiol groups is 2. The molecule has 2 aromatic heterocycles. The van der Waals surface area contributed by atoms with Gasteiger partial charge in [0.15, 0.2) is 5.78 Å². The van der Waals surface area contributed by atoms with Gasteiger partial charge in [-0.15, -0.1) is 0 Å². The first-order valence-electron chi connectivity index (χ1n) is 27.4. The highest BCUT2D eigenvalue weighted by molar-refractivity contribution is 7.80. The summed E-state index contributed by atoms with van der Waals surface area (Å²) in [5.74, 6) is -5.29. The Morgan fingerprint density at radius 1 is 0.476 bits per heavy atom. The van der Waals surface area contributed by atoms with Gasteiger partial charge in [-0.3, -0.25) is 38.4 Å². The molecular formula is C59H76N12O9S2. The van der Waals surface area contributed by atoms with E-state index in [4.69, 9.17) is 17.2 Å². The fraction of sp³-hybridized carbons (Fsp3) is 0.390. The van der Waals surface area contributed by atoms with Crippen LogP contribution in [-0.4, -0.2) is 141 Å². The molecule has 0 spiro atoms. The number of unbranched alkanes of at least 4 members (excludes halogenated alkanes) is 1. The predicted octanol–water partition coefficient (Wildman–Crippen LogP) is 1.32. The van der Waals surface area contributed by atoms with E-state index in [2.05, 4.69) is 72.4 Å². The molecule has 0 aliphatic carbocycles. The van der Waals surface area contributed by atoms with Crippen molar-refractivity contribution in [3.63, 3.8) is 0 Å². The number of aromatic amines is 2. The third kappa shape index (κ3) is 18.5. The van der Waals surface area contributed by atoms with Crippen LogP contribution in [0.4, 0.5) is 0 Å². The lowest BCUT2D eigenvalue weighted by molar-refractivity contribution is -0.137. The lowest BCUT2D eigenvalue weighted by atomic mass is 9.99. The Bertz CT molecular complexity index is 3090. The minimum absolute atomic E-state index is 0.00281. The number of aromatic nitrogens is 2. The molecule has 9 atom stereocenters.